The molecule has 0 unspecified atom stereocenters. The van der Waals surface area contributed by atoms with E-state index in [1.165, 1.54) is 0 Å². The zero-order valence-electron chi connectivity index (χ0n) is 10.8. The summed E-state index contributed by atoms with van der Waals surface area (Å²) in [4.78, 5) is 0. The standard InChI is InChI=1S/C13H17N3O2S/c1-11-9-15-5-6-16(11)19(17,18)10-13-4-2-3-12(7-13)8-14/h2-4,7,11,15H,5-6,9-10H2,1H3/t11-/m1/s1. The smallest absolute Gasteiger partial charge is 0.218 e. The monoisotopic (exact) mass is 279 g/mol. The molecule has 0 amide bonds. The summed E-state index contributed by atoms with van der Waals surface area (Å²) in [6, 6.07) is 8.75. The average molecular weight is 279 g/mol. The predicted octanol–water partition coefficient (Wildman–Crippen LogP) is 0.682. The Labute approximate surface area is 113 Å². The summed E-state index contributed by atoms with van der Waals surface area (Å²) in [6.45, 7) is 3.76. The summed E-state index contributed by atoms with van der Waals surface area (Å²) in [7, 11) is -3.33. The molecule has 19 heavy (non-hydrogen) atoms. The van der Waals surface area contributed by atoms with Crippen LogP contribution in [0.5, 0.6) is 0 Å². The molecule has 1 heterocycles. The van der Waals surface area contributed by atoms with E-state index in [2.05, 4.69) is 5.32 Å². The summed E-state index contributed by atoms with van der Waals surface area (Å²) in [5.74, 6) is -0.0488. The number of rotatable bonds is 3. The lowest BCUT2D eigenvalue weighted by atomic mass is 10.2. The second-order valence-electron chi connectivity index (χ2n) is 4.73. The highest BCUT2D eigenvalue weighted by Crippen LogP contribution is 2.16. The van der Waals surface area contributed by atoms with Gasteiger partial charge >= 0.3 is 0 Å². The maximum atomic E-state index is 12.4. The molecule has 0 spiro atoms. The minimum atomic E-state index is -3.33. The van der Waals surface area contributed by atoms with Gasteiger partial charge in [0, 0.05) is 25.7 Å². The molecule has 0 bridgehead atoms. The lowest BCUT2D eigenvalue weighted by Gasteiger charge is -2.32. The van der Waals surface area contributed by atoms with E-state index in [1.54, 1.807) is 28.6 Å². The summed E-state index contributed by atoms with van der Waals surface area (Å²) in [5, 5.41) is 12.0. The van der Waals surface area contributed by atoms with Gasteiger partial charge in [-0.05, 0) is 24.6 Å². The molecule has 5 nitrogen and oxygen atoms in total. The zero-order chi connectivity index (χ0) is 13.9. The number of benzene rings is 1. The van der Waals surface area contributed by atoms with Gasteiger partial charge in [-0.3, -0.25) is 0 Å². The van der Waals surface area contributed by atoms with Crippen molar-refractivity contribution in [1.82, 2.24) is 9.62 Å². The van der Waals surface area contributed by atoms with Crippen LogP contribution in [0, 0.1) is 11.3 Å². The van der Waals surface area contributed by atoms with Crippen molar-refractivity contribution in [1.29, 1.82) is 5.26 Å². The van der Waals surface area contributed by atoms with E-state index in [9.17, 15) is 8.42 Å². The third-order valence-electron chi connectivity index (χ3n) is 3.20. The van der Waals surface area contributed by atoms with E-state index in [-0.39, 0.29) is 11.8 Å². The van der Waals surface area contributed by atoms with Crippen LogP contribution in [0.3, 0.4) is 0 Å². The largest absolute Gasteiger partial charge is 0.314 e. The molecule has 6 heteroatoms. The van der Waals surface area contributed by atoms with E-state index < -0.39 is 10.0 Å². The summed E-state index contributed by atoms with van der Waals surface area (Å²) in [6.07, 6.45) is 0. The van der Waals surface area contributed by atoms with Crippen LogP contribution in [0.2, 0.25) is 0 Å². The molecule has 0 aliphatic carbocycles. The normalized spacial score (nSPS) is 20.9. The van der Waals surface area contributed by atoms with Crippen molar-refractivity contribution in [3.05, 3.63) is 35.4 Å². The Morgan fingerprint density at radius 1 is 1.53 bits per heavy atom. The lowest BCUT2D eigenvalue weighted by molar-refractivity contribution is 0.283. The van der Waals surface area contributed by atoms with Crippen molar-refractivity contribution < 1.29 is 8.42 Å². The fourth-order valence-electron chi connectivity index (χ4n) is 2.26. The van der Waals surface area contributed by atoms with Crippen molar-refractivity contribution >= 4 is 10.0 Å². The number of nitrogens with zero attached hydrogens (tertiary/aromatic N) is 2. The van der Waals surface area contributed by atoms with Crippen LogP contribution < -0.4 is 5.32 Å². The number of piperazine rings is 1. The van der Waals surface area contributed by atoms with E-state index in [1.807, 2.05) is 13.0 Å². The van der Waals surface area contributed by atoms with Crippen LogP contribution in [-0.2, 0) is 15.8 Å². The van der Waals surface area contributed by atoms with Gasteiger partial charge in [0.1, 0.15) is 0 Å². The first-order valence-electron chi connectivity index (χ1n) is 6.22. The average Bonchev–Trinajstić information content (AvgIpc) is 2.38. The quantitative estimate of drug-likeness (QED) is 0.883. The molecular formula is C13H17N3O2S. The lowest BCUT2D eigenvalue weighted by Crippen LogP contribution is -2.52. The molecule has 0 aromatic heterocycles. The molecule has 0 saturated carbocycles. The van der Waals surface area contributed by atoms with Gasteiger partial charge in [0.25, 0.3) is 0 Å². The van der Waals surface area contributed by atoms with Crippen molar-refractivity contribution in [3.8, 4) is 6.07 Å². The van der Waals surface area contributed by atoms with Crippen LogP contribution in [0.4, 0.5) is 0 Å². The summed E-state index contributed by atoms with van der Waals surface area (Å²) < 4.78 is 26.3. The summed E-state index contributed by atoms with van der Waals surface area (Å²) in [5.41, 5.74) is 1.14. The van der Waals surface area contributed by atoms with E-state index in [0.29, 0.717) is 30.8 Å². The number of hydrogen-bond donors (Lipinski definition) is 1. The van der Waals surface area contributed by atoms with Crippen molar-refractivity contribution in [2.24, 2.45) is 0 Å². The summed E-state index contributed by atoms with van der Waals surface area (Å²) >= 11 is 0. The third-order valence-corrected chi connectivity index (χ3v) is 5.16. The topological polar surface area (TPSA) is 73.2 Å². The van der Waals surface area contributed by atoms with Crippen LogP contribution in [0.1, 0.15) is 18.1 Å². The van der Waals surface area contributed by atoms with Gasteiger partial charge in [-0.2, -0.15) is 9.57 Å². The molecular weight excluding hydrogens is 262 g/mol. The fourth-order valence-corrected chi connectivity index (χ4v) is 4.02. The Morgan fingerprint density at radius 2 is 2.32 bits per heavy atom. The number of nitrogens with one attached hydrogen (secondary N) is 1. The third kappa shape index (κ3) is 3.32. The molecule has 102 valence electrons. The first-order valence-corrected chi connectivity index (χ1v) is 7.83. The SMILES string of the molecule is C[C@@H]1CNCCN1S(=O)(=O)Cc1cccc(C#N)c1. The molecule has 0 radical (unpaired) electrons. The molecule has 2 rings (SSSR count). The van der Waals surface area contributed by atoms with Crippen LogP contribution in [-0.4, -0.2) is 38.4 Å². The highest BCUT2D eigenvalue weighted by Gasteiger charge is 2.29. The van der Waals surface area contributed by atoms with Gasteiger partial charge < -0.3 is 5.32 Å². The first kappa shape index (κ1) is 14.0. The highest BCUT2D eigenvalue weighted by molar-refractivity contribution is 7.88. The zero-order valence-corrected chi connectivity index (χ0v) is 11.7. The maximum absolute atomic E-state index is 12.4. The molecule has 1 saturated heterocycles. The Balaban J connectivity index is 2.18. The second kappa shape index (κ2) is 5.70. The minimum Gasteiger partial charge on any atom is -0.314 e. The van der Waals surface area contributed by atoms with Gasteiger partial charge in [-0.15, -0.1) is 0 Å². The van der Waals surface area contributed by atoms with E-state index >= 15 is 0 Å². The molecule has 1 aromatic rings. The van der Waals surface area contributed by atoms with Crippen molar-refractivity contribution in [3.63, 3.8) is 0 Å². The van der Waals surface area contributed by atoms with E-state index in [0.717, 1.165) is 0 Å². The Morgan fingerprint density at radius 3 is 3.00 bits per heavy atom. The number of sulfonamides is 1. The van der Waals surface area contributed by atoms with Gasteiger partial charge in [0.05, 0.1) is 17.4 Å². The van der Waals surface area contributed by atoms with Crippen LogP contribution in [0.25, 0.3) is 0 Å². The Bertz CT molecular complexity index is 592. The molecule has 1 aliphatic heterocycles. The molecule has 1 N–H and O–H groups in total. The van der Waals surface area contributed by atoms with E-state index in [4.69, 9.17) is 5.26 Å². The second-order valence-corrected chi connectivity index (χ2v) is 6.65. The first-order chi connectivity index (χ1) is 9.03. The Hall–Kier alpha value is -1.42. The number of hydrogen-bond acceptors (Lipinski definition) is 4. The van der Waals surface area contributed by atoms with Gasteiger partial charge in [-0.1, -0.05) is 12.1 Å². The van der Waals surface area contributed by atoms with Gasteiger partial charge in [-0.25, -0.2) is 8.42 Å². The van der Waals surface area contributed by atoms with Crippen LogP contribution in [0.15, 0.2) is 24.3 Å². The molecule has 1 aromatic carbocycles. The van der Waals surface area contributed by atoms with Gasteiger partial charge in [0.15, 0.2) is 0 Å². The fraction of sp³-hybridized carbons (Fsp3) is 0.462. The van der Waals surface area contributed by atoms with Crippen molar-refractivity contribution in [2.45, 2.75) is 18.7 Å². The van der Waals surface area contributed by atoms with Crippen molar-refractivity contribution in [2.75, 3.05) is 19.6 Å². The van der Waals surface area contributed by atoms with Crippen LogP contribution >= 0.6 is 0 Å². The molecule has 1 atom stereocenters. The Kier molecular flexibility index (Phi) is 4.20. The molecule has 1 aliphatic rings. The number of nitriles is 1. The molecule has 1 fully saturated rings. The predicted molar refractivity (Wildman–Crippen MR) is 72.8 cm³/mol. The maximum Gasteiger partial charge on any atom is 0.218 e. The highest BCUT2D eigenvalue weighted by atomic mass is 32.2. The minimum absolute atomic E-state index is 0.0297. The van der Waals surface area contributed by atoms with Gasteiger partial charge in [0.2, 0.25) is 10.0 Å².